The molecule has 1 aromatic heterocycles. The van der Waals surface area contributed by atoms with E-state index in [-0.39, 0.29) is 5.38 Å². The highest BCUT2D eigenvalue weighted by Crippen LogP contribution is 2.37. The van der Waals surface area contributed by atoms with Gasteiger partial charge in [-0.15, -0.1) is 11.6 Å². The van der Waals surface area contributed by atoms with Crippen LogP contribution in [0.4, 0.5) is 0 Å². The number of halogens is 1. The van der Waals surface area contributed by atoms with Crippen molar-refractivity contribution in [2.24, 2.45) is 5.92 Å². The predicted molar refractivity (Wildman–Crippen MR) is 85.4 cm³/mol. The van der Waals surface area contributed by atoms with Crippen LogP contribution in [0, 0.1) is 12.8 Å². The van der Waals surface area contributed by atoms with E-state index in [1.165, 1.54) is 36.8 Å². The third-order valence-corrected chi connectivity index (χ3v) is 4.70. The summed E-state index contributed by atoms with van der Waals surface area (Å²) >= 11 is 6.39. The topological polar surface area (TPSA) is 17.8 Å². The smallest absolute Gasteiger partial charge is 0.127 e. The number of hydrogen-bond donors (Lipinski definition) is 0. The molecule has 0 bridgehead atoms. The number of nitrogens with zero attached hydrogens (tertiary/aromatic N) is 2. The van der Waals surface area contributed by atoms with E-state index in [0.717, 1.165) is 17.3 Å². The molecule has 1 saturated carbocycles. The molecule has 3 unspecified atom stereocenters. The molecule has 3 heteroatoms. The first kappa shape index (κ1) is 13.9. The van der Waals surface area contributed by atoms with Crippen molar-refractivity contribution in [1.82, 2.24) is 9.55 Å². The second-order valence-corrected chi connectivity index (χ2v) is 7.03. The normalized spacial score (nSPS) is 25.0. The van der Waals surface area contributed by atoms with E-state index < -0.39 is 0 Å². The first-order valence-electron chi connectivity index (χ1n) is 7.69. The third-order valence-electron chi connectivity index (χ3n) is 4.50. The van der Waals surface area contributed by atoms with E-state index in [1.807, 2.05) is 6.92 Å². The Morgan fingerprint density at radius 3 is 2.85 bits per heavy atom. The van der Waals surface area contributed by atoms with Gasteiger partial charge in [-0.05, 0) is 50.3 Å². The average Bonchev–Trinajstić information content (AvgIpc) is 2.77. The van der Waals surface area contributed by atoms with Crippen LogP contribution in [0.2, 0.25) is 0 Å². The quantitative estimate of drug-likeness (QED) is 0.678. The first-order chi connectivity index (χ1) is 9.56. The SMILES string of the molecule is Cc1ccc2nc(C(C)Cl)n(C3CCCC(C)C3)c2c1. The highest BCUT2D eigenvalue weighted by molar-refractivity contribution is 6.20. The molecule has 20 heavy (non-hydrogen) atoms. The van der Waals surface area contributed by atoms with Crippen LogP contribution in [0.25, 0.3) is 11.0 Å². The van der Waals surface area contributed by atoms with Crippen molar-refractivity contribution in [3.8, 4) is 0 Å². The Bertz CT molecular complexity index is 615. The van der Waals surface area contributed by atoms with E-state index in [9.17, 15) is 0 Å². The fourth-order valence-corrected chi connectivity index (χ4v) is 3.68. The lowest BCUT2D eigenvalue weighted by molar-refractivity contribution is 0.282. The molecule has 0 N–H and O–H groups in total. The largest absolute Gasteiger partial charge is 0.324 e. The summed E-state index contributed by atoms with van der Waals surface area (Å²) in [6.07, 6.45) is 5.16. The second-order valence-electron chi connectivity index (χ2n) is 6.37. The molecule has 0 spiro atoms. The maximum Gasteiger partial charge on any atom is 0.127 e. The highest BCUT2D eigenvalue weighted by atomic mass is 35.5. The average molecular weight is 291 g/mol. The van der Waals surface area contributed by atoms with Crippen LogP contribution in [-0.2, 0) is 0 Å². The van der Waals surface area contributed by atoms with Crippen molar-refractivity contribution < 1.29 is 0 Å². The van der Waals surface area contributed by atoms with E-state index in [4.69, 9.17) is 16.6 Å². The lowest BCUT2D eigenvalue weighted by atomic mass is 9.86. The van der Waals surface area contributed by atoms with Crippen LogP contribution in [0.3, 0.4) is 0 Å². The molecular formula is C17H23ClN2. The maximum absolute atomic E-state index is 6.39. The molecule has 3 rings (SSSR count). The molecule has 2 aromatic rings. The maximum atomic E-state index is 6.39. The van der Waals surface area contributed by atoms with Gasteiger partial charge in [-0.25, -0.2) is 4.98 Å². The molecule has 1 heterocycles. The predicted octanol–water partition coefficient (Wildman–Crippen LogP) is 5.40. The van der Waals surface area contributed by atoms with Crippen LogP contribution in [0.5, 0.6) is 0 Å². The number of alkyl halides is 1. The Balaban J connectivity index is 2.14. The summed E-state index contributed by atoms with van der Waals surface area (Å²) in [4.78, 5) is 4.78. The molecule has 3 atom stereocenters. The number of fused-ring (bicyclic) bond motifs is 1. The van der Waals surface area contributed by atoms with Crippen LogP contribution in [0.1, 0.15) is 62.3 Å². The zero-order chi connectivity index (χ0) is 14.3. The molecule has 1 aliphatic rings. The van der Waals surface area contributed by atoms with Gasteiger partial charge >= 0.3 is 0 Å². The fraction of sp³-hybridized carbons (Fsp3) is 0.588. The minimum atomic E-state index is -0.0417. The van der Waals surface area contributed by atoms with Crippen LogP contribution in [-0.4, -0.2) is 9.55 Å². The summed E-state index contributed by atoms with van der Waals surface area (Å²) in [5, 5.41) is -0.0417. The summed E-state index contributed by atoms with van der Waals surface area (Å²) in [6.45, 7) is 6.53. The number of hydrogen-bond acceptors (Lipinski definition) is 1. The summed E-state index contributed by atoms with van der Waals surface area (Å²) in [5.41, 5.74) is 3.62. The van der Waals surface area contributed by atoms with E-state index in [0.29, 0.717) is 6.04 Å². The van der Waals surface area contributed by atoms with Crippen molar-refractivity contribution >= 4 is 22.6 Å². The fourth-order valence-electron chi connectivity index (χ4n) is 3.52. The number of imidazole rings is 1. The second kappa shape index (κ2) is 5.40. The van der Waals surface area contributed by atoms with Gasteiger partial charge in [0.15, 0.2) is 0 Å². The lowest BCUT2D eigenvalue weighted by Gasteiger charge is -2.30. The monoisotopic (exact) mass is 290 g/mol. The minimum absolute atomic E-state index is 0.0417. The molecule has 1 aliphatic carbocycles. The van der Waals surface area contributed by atoms with Gasteiger partial charge in [0.25, 0.3) is 0 Å². The molecule has 0 saturated heterocycles. The van der Waals surface area contributed by atoms with Gasteiger partial charge in [-0.1, -0.05) is 25.8 Å². The summed E-state index contributed by atoms with van der Waals surface area (Å²) in [6, 6.07) is 7.06. The van der Waals surface area contributed by atoms with Crippen molar-refractivity contribution in [2.75, 3.05) is 0 Å². The molecule has 0 amide bonds. The Morgan fingerprint density at radius 1 is 1.35 bits per heavy atom. The number of aryl methyl sites for hydroxylation is 1. The van der Waals surface area contributed by atoms with Crippen LogP contribution < -0.4 is 0 Å². The first-order valence-corrected chi connectivity index (χ1v) is 8.12. The summed E-state index contributed by atoms with van der Waals surface area (Å²) < 4.78 is 2.43. The lowest BCUT2D eigenvalue weighted by Crippen LogP contribution is -2.19. The minimum Gasteiger partial charge on any atom is -0.324 e. The van der Waals surface area contributed by atoms with E-state index in [1.54, 1.807) is 0 Å². The Labute approximate surface area is 126 Å². The molecule has 108 valence electrons. The third kappa shape index (κ3) is 2.46. The van der Waals surface area contributed by atoms with Gasteiger partial charge in [-0.3, -0.25) is 0 Å². The zero-order valence-electron chi connectivity index (χ0n) is 12.6. The van der Waals surface area contributed by atoms with Gasteiger partial charge in [0.05, 0.1) is 16.4 Å². The summed E-state index contributed by atoms with van der Waals surface area (Å²) in [7, 11) is 0. The Hall–Kier alpha value is -1.02. The van der Waals surface area contributed by atoms with Crippen molar-refractivity contribution in [2.45, 2.75) is 57.9 Å². The number of benzene rings is 1. The molecule has 1 aromatic carbocycles. The molecule has 1 fully saturated rings. The molecule has 0 aliphatic heterocycles. The Morgan fingerprint density at radius 2 is 2.15 bits per heavy atom. The van der Waals surface area contributed by atoms with Crippen molar-refractivity contribution in [3.05, 3.63) is 29.6 Å². The standard InChI is InChI=1S/C17H23ClN2/c1-11-5-4-6-14(9-11)20-16-10-12(2)7-8-15(16)19-17(20)13(3)18/h7-8,10-11,13-14H,4-6,9H2,1-3H3. The molecular weight excluding hydrogens is 268 g/mol. The Kier molecular flexibility index (Phi) is 3.76. The van der Waals surface area contributed by atoms with Crippen molar-refractivity contribution in [1.29, 1.82) is 0 Å². The number of aromatic nitrogens is 2. The van der Waals surface area contributed by atoms with Crippen LogP contribution in [0.15, 0.2) is 18.2 Å². The van der Waals surface area contributed by atoms with Gasteiger partial charge in [0, 0.05) is 6.04 Å². The van der Waals surface area contributed by atoms with E-state index in [2.05, 4.69) is 36.6 Å². The van der Waals surface area contributed by atoms with Crippen molar-refractivity contribution in [3.63, 3.8) is 0 Å². The van der Waals surface area contributed by atoms with Gasteiger partial charge in [0.1, 0.15) is 5.82 Å². The zero-order valence-corrected chi connectivity index (χ0v) is 13.3. The van der Waals surface area contributed by atoms with Gasteiger partial charge < -0.3 is 4.57 Å². The van der Waals surface area contributed by atoms with E-state index >= 15 is 0 Å². The summed E-state index contributed by atoms with van der Waals surface area (Å²) in [5.74, 6) is 1.83. The van der Waals surface area contributed by atoms with Gasteiger partial charge in [-0.2, -0.15) is 0 Å². The van der Waals surface area contributed by atoms with Crippen LogP contribution >= 0.6 is 11.6 Å². The highest BCUT2D eigenvalue weighted by Gasteiger charge is 2.25. The molecule has 2 nitrogen and oxygen atoms in total. The van der Waals surface area contributed by atoms with Gasteiger partial charge in [0.2, 0.25) is 0 Å². The number of rotatable bonds is 2. The molecule has 0 radical (unpaired) electrons.